The summed E-state index contributed by atoms with van der Waals surface area (Å²) >= 11 is 0. The molecule has 0 spiro atoms. The van der Waals surface area contributed by atoms with Gasteiger partial charge in [-0.15, -0.1) is 10.2 Å². The molecule has 2 heterocycles. The van der Waals surface area contributed by atoms with E-state index in [1.165, 1.54) is 0 Å². The van der Waals surface area contributed by atoms with E-state index in [9.17, 15) is 9.59 Å². The maximum atomic E-state index is 12.1. The zero-order valence-corrected chi connectivity index (χ0v) is 13.7. The van der Waals surface area contributed by atoms with Crippen molar-refractivity contribution >= 4 is 11.8 Å². The van der Waals surface area contributed by atoms with Gasteiger partial charge < -0.3 is 14.8 Å². The molecule has 2 amide bonds. The normalized spacial score (nSPS) is 17.3. The highest BCUT2D eigenvalue weighted by atomic mass is 16.2. The minimum atomic E-state index is -0.117. The third-order valence-electron chi connectivity index (χ3n) is 4.18. The van der Waals surface area contributed by atoms with Gasteiger partial charge in [0.25, 0.3) is 0 Å². The van der Waals surface area contributed by atoms with E-state index in [0.717, 1.165) is 11.4 Å². The molecule has 7 nitrogen and oxygen atoms in total. The first-order chi connectivity index (χ1) is 11.6. The van der Waals surface area contributed by atoms with Crippen LogP contribution in [0.1, 0.15) is 24.2 Å². The highest BCUT2D eigenvalue weighted by Crippen LogP contribution is 2.15. The van der Waals surface area contributed by atoms with Crippen LogP contribution in [0.5, 0.6) is 0 Å². The second kappa shape index (κ2) is 7.25. The summed E-state index contributed by atoms with van der Waals surface area (Å²) in [7, 11) is 1.85. The Morgan fingerprint density at radius 3 is 2.83 bits per heavy atom. The number of amides is 2. The van der Waals surface area contributed by atoms with Crippen molar-refractivity contribution in [3.05, 3.63) is 48.0 Å². The van der Waals surface area contributed by atoms with Crippen molar-refractivity contribution in [2.45, 2.75) is 31.8 Å². The fourth-order valence-corrected chi connectivity index (χ4v) is 2.88. The van der Waals surface area contributed by atoms with Crippen molar-refractivity contribution in [1.29, 1.82) is 0 Å². The first kappa shape index (κ1) is 16.2. The lowest BCUT2D eigenvalue weighted by Gasteiger charge is -2.17. The van der Waals surface area contributed by atoms with E-state index in [2.05, 4.69) is 15.5 Å². The van der Waals surface area contributed by atoms with Crippen LogP contribution in [0.2, 0.25) is 0 Å². The molecule has 24 heavy (non-hydrogen) atoms. The Morgan fingerprint density at radius 2 is 2.12 bits per heavy atom. The minimum absolute atomic E-state index is 0.0580. The Morgan fingerprint density at radius 1 is 1.33 bits per heavy atom. The molecule has 7 heteroatoms. The van der Waals surface area contributed by atoms with Gasteiger partial charge in [-0.25, -0.2) is 0 Å². The summed E-state index contributed by atoms with van der Waals surface area (Å²) in [6.07, 6.45) is 2.86. The molecule has 0 aliphatic carbocycles. The van der Waals surface area contributed by atoms with Gasteiger partial charge in [0.15, 0.2) is 0 Å². The van der Waals surface area contributed by atoms with Crippen LogP contribution in [-0.2, 0) is 29.6 Å². The largest absolute Gasteiger partial charge is 0.351 e. The van der Waals surface area contributed by atoms with E-state index in [1.807, 2.05) is 37.4 Å². The number of likely N-dealkylation sites (tertiary alicyclic amines) is 1. The predicted octanol–water partition coefficient (Wildman–Crippen LogP) is 0.665. The third-order valence-corrected chi connectivity index (χ3v) is 4.18. The summed E-state index contributed by atoms with van der Waals surface area (Å²) in [6, 6.07) is 9.76. The second-order valence-corrected chi connectivity index (χ2v) is 6.09. The van der Waals surface area contributed by atoms with Crippen LogP contribution in [0.3, 0.4) is 0 Å². The summed E-state index contributed by atoms with van der Waals surface area (Å²) in [5.41, 5.74) is 1.10. The van der Waals surface area contributed by atoms with Crippen LogP contribution >= 0.6 is 0 Å². The molecule has 1 N–H and O–H groups in total. The molecule has 0 saturated carbocycles. The Balaban J connectivity index is 1.47. The molecule has 1 atom stereocenters. The first-order valence-corrected chi connectivity index (χ1v) is 8.06. The van der Waals surface area contributed by atoms with Crippen molar-refractivity contribution < 1.29 is 9.59 Å². The van der Waals surface area contributed by atoms with Crippen molar-refractivity contribution in [3.63, 3.8) is 0 Å². The third kappa shape index (κ3) is 3.98. The average Bonchev–Trinajstić information content (AvgIpc) is 3.12. The summed E-state index contributed by atoms with van der Waals surface area (Å²) in [5.74, 6) is 0.799. The molecule has 1 saturated heterocycles. The quantitative estimate of drug-likeness (QED) is 0.845. The molecule has 1 aromatic heterocycles. The number of nitrogens with one attached hydrogen (secondary N) is 1. The standard InChI is InChI=1S/C17H21N5O2/c1-21-12-18-20-15(21)7-8-16(23)19-14-9-17(24)22(11-14)10-13-5-3-2-4-6-13/h2-6,12,14H,7-11H2,1H3,(H,19,23). The number of carbonyl (C=O) groups excluding carboxylic acids is 2. The number of rotatable bonds is 6. The SMILES string of the molecule is Cn1cnnc1CCC(=O)NC1CC(=O)N(Cc2ccccc2)C1. The van der Waals surface area contributed by atoms with E-state index >= 15 is 0 Å². The summed E-state index contributed by atoms with van der Waals surface area (Å²) in [5, 5.41) is 10.7. The number of aromatic nitrogens is 3. The van der Waals surface area contributed by atoms with Gasteiger partial charge in [0.05, 0.1) is 6.04 Å². The van der Waals surface area contributed by atoms with Gasteiger partial charge in [-0.1, -0.05) is 30.3 Å². The molecule has 2 aromatic rings. The highest BCUT2D eigenvalue weighted by molar-refractivity contribution is 5.82. The number of aryl methyl sites for hydroxylation is 2. The second-order valence-electron chi connectivity index (χ2n) is 6.09. The fourth-order valence-electron chi connectivity index (χ4n) is 2.88. The Hall–Kier alpha value is -2.70. The zero-order valence-electron chi connectivity index (χ0n) is 13.7. The van der Waals surface area contributed by atoms with E-state index in [1.54, 1.807) is 15.8 Å². The Labute approximate surface area is 140 Å². The molecule has 1 unspecified atom stereocenters. The van der Waals surface area contributed by atoms with Crippen LogP contribution in [0.25, 0.3) is 0 Å². The Bertz CT molecular complexity index is 713. The topological polar surface area (TPSA) is 80.1 Å². The number of carbonyl (C=O) groups is 2. The molecule has 0 radical (unpaired) electrons. The van der Waals surface area contributed by atoms with Gasteiger partial charge in [0.2, 0.25) is 11.8 Å². The number of nitrogens with zero attached hydrogens (tertiary/aromatic N) is 4. The maximum absolute atomic E-state index is 12.1. The van der Waals surface area contributed by atoms with Gasteiger partial charge in [0, 0.05) is 39.4 Å². The van der Waals surface area contributed by atoms with Crippen LogP contribution in [0, 0.1) is 0 Å². The number of hydrogen-bond acceptors (Lipinski definition) is 4. The van der Waals surface area contributed by atoms with E-state index in [-0.39, 0.29) is 17.9 Å². The van der Waals surface area contributed by atoms with Crippen molar-refractivity contribution in [3.8, 4) is 0 Å². The molecule has 3 rings (SSSR count). The number of benzene rings is 1. The van der Waals surface area contributed by atoms with Crippen molar-refractivity contribution in [2.24, 2.45) is 7.05 Å². The van der Waals surface area contributed by atoms with Gasteiger partial charge in [-0.05, 0) is 5.56 Å². The van der Waals surface area contributed by atoms with Gasteiger partial charge in [0.1, 0.15) is 12.2 Å². The molecule has 0 bridgehead atoms. The lowest BCUT2D eigenvalue weighted by Crippen LogP contribution is -2.37. The lowest BCUT2D eigenvalue weighted by atomic mass is 10.2. The Kier molecular flexibility index (Phi) is 4.88. The molecule has 1 aliphatic rings. The zero-order chi connectivity index (χ0) is 16.9. The van der Waals surface area contributed by atoms with Gasteiger partial charge in [-0.2, -0.15) is 0 Å². The molecule has 1 aromatic carbocycles. The smallest absolute Gasteiger partial charge is 0.225 e. The van der Waals surface area contributed by atoms with Crippen LogP contribution in [0.4, 0.5) is 0 Å². The minimum Gasteiger partial charge on any atom is -0.351 e. The van der Waals surface area contributed by atoms with Crippen molar-refractivity contribution in [2.75, 3.05) is 6.54 Å². The molecule has 126 valence electrons. The molecule has 1 fully saturated rings. The lowest BCUT2D eigenvalue weighted by molar-refractivity contribution is -0.128. The van der Waals surface area contributed by atoms with Gasteiger partial charge in [-0.3, -0.25) is 9.59 Å². The average molecular weight is 327 g/mol. The van der Waals surface area contributed by atoms with Gasteiger partial charge >= 0.3 is 0 Å². The highest BCUT2D eigenvalue weighted by Gasteiger charge is 2.30. The van der Waals surface area contributed by atoms with Crippen LogP contribution < -0.4 is 5.32 Å². The molecular formula is C17H21N5O2. The predicted molar refractivity (Wildman–Crippen MR) is 87.7 cm³/mol. The molecule has 1 aliphatic heterocycles. The summed E-state index contributed by atoms with van der Waals surface area (Å²) in [6.45, 7) is 1.15. The van der Waals surface area contributed by atoms with Crippen LogP contribution in [0.15, 0.2) is 36.7 Å². The summed E-state index contributed by atoms with van der Waals surface area (Å²) in [4.78, 5) is 26.0. The maximum Gasteiger partial charge on any atom is 0.225 e. The van der Waals surface area contributed by atoms with E-state index in [4.69, 9.17) is 0 Å². The van der Waals surface area contributed by atoms with E-state index < -0.39 is 0 Å². The van der Waals surface area contributed by atoms with Crippen LogP contribution in [-0.4, -0.2) is 44.1 Å². The summed E-state index contributed by atoms with van der Waals surface area (Å²) < 4.78 is 1.80. The van der Waals surface area contributed by atoms with E-state index in [0.29, 0.717) is 32.4 Å². The molecular weight excluding hydrogens is 306 g/mol. The monoisotopic (exact) mass is 327 g/mol. The first-order valence-electron chi connectivity index (χ1n) is 8.06. The fraction of sp³-hybridized carbons (Fsp3) is 0.412. The van der Waals surface area contributed by atoms with Crippen molar-refractivity contribution in [1.82, 2.24) is 25.0 Å². The number of hydrogen-bond donors (Lipinski definition) is 1.